The first kappa shape index (κ1) is 13.6. The maximum atomic E-state index is 12.3. The summed E-state index contributed by atoms with van der Waals surface area (Å²) in [7, 11) is 0. The molecule has 2 fully saturated rings. The van der Waals surface area contributed by atoms with E-state index in [4.69, 9.17) is 0 Å². The predicted molar refractivity (Wildman–Crippen MR) is 76.4 cm³/mol. The fourth-order valence-corrected chi connectivity index (χ4v) is 3.45. The van der Waals surface area contributed by atoms with Gasteiger partial charge < -0.3 is 20.7 Å². The van der Waals surface area contributed by atoms with E-state index < -0.39 is 0 Å². The number of carbonyl (C=O) groups is 1. The average molecular weight is 277 g/mol. The molecule has 1 saturated carbocycles. The van der Waals surface area contributed by atoms with Gasteiger partial charge in [-0.25, -0.2) is 0 Å². The van der Waals surface area contributed by atoms with Crippen LogP contribution in [0, 0.1) is 11.8 Å². The highest BCUT2D eigenvalue weighted by atomic mass is 16.3. The molecule has 110 valence electrons. The third-order valence-electron chi connectivity index (χ3n) is 4.71. The topological polar surface area (TPSA) is 77.2 Å². The van der Waals surface area contributed by atoms with Gasteiger partial charge in [-0.2, -0.15) is 0 Å². The van der Waals surface area contributed by atoms with E-state index in [-0.39, 0.29) is 18.1 Å². The van der Waals surface area contributed by atoms with Gasteiger partial charge in [0.05, 0.1) is 11.7 Å². The number of nitrogens with one attached hydrogen (secondary N) is 3. The summed E-state index contributed by atoms with van der Waals surface area (Å²) < 4.78 is 0. The summed E-state index contributed by atoms with van der Waals surface area (Å²) in [5, 5.41) is 16.1. The number of aliphatic hydroxyl groups is 1. The zero-order valence-corrected chi connectivity index (χ0v) is 11.6. The minimum absolute atomic E-state index is 0.00354. The van der Waals surface area contributed by atoms with Crippen molar-refractivity contribution in [1.82, 2.24) is 15.6 Å². The third-order valence-corrected chi connectivity index (χ3v) is 4.71. The van der Waals surface area contributed by atoms with Crippen molar-refractivity contribution < 1.29 is 9.90 Å². The Morgan fingerprint density at radius 2 is 2.05 bits per heavy atom. The Morgan fingerprint density at radius 1 is 1.30 bits per heavy atom. The van der Waals surface area contributed by atoms with Gasteiger partial charge in [-0.1, -0.05) is 0 Å². The molecule has 2 heterocycles. The first-order chi connectivity index (χ1) is 9.74. The molecule has 20 heavy (non-hydrogen) atoms. The number of aliphatic hydroxyl groups excluding tert-OH is 1. The highest BCUT2D eigenvalue weighted by Crippen LogP contribution is 2.35. The number of rotatable bonds is 4. The van der Waals surface area contributed by atoms with Crippen LogP contribution in [0.2, 0.25) is 0 Å². The van der Waals surface area contributed by atoms with E-state index in [0.717, 1.165) is 38.8 Å². The summed E-state index contributed by atoms with van der Waals surface area (Å²) >= 11 is 0. The van der Waals surface area contributed by atoms with E-state index in [9.17, 15) is 9.90 Å². The van der Waals surface area contributed by atoms with Crippen LogP contribution in [-0.4, -0.2) is 41.2 Å². The number of hydrogen-bond acceptors (Lipinski definition) is 3. The van der Waals surface area contributed by atoms with E-state index in [1.54, 1.807) is 18.5 Å². The molecule has 0 unspecified atom stereocenters. The summed E-state index contributed by atoms with van der Waals surface area (Å²) in [6.07, 6.45) is 7.17. The maximum absolute atomic E-state index is 12.3. The van der Waals surface area contributed by atoms with Crippen LogP contribution in [0.25, 0.3) is 0 Å². The lowest BCUT2D eigenvalue weighted by molar-refractivity contribution is 0.00919. The second-order valence-corrected chi connectivity index (χ2v) is 6.07. The molecule has 1 aliphatic heterocycles. The standard InChI is InChI=1S/C15H23N3O2/c19-13-7-12(8-13)14(10-1-4-16-5-2-10)18-15(20)11-3-6-17-9-11/h3,6,9-10,12-14,16-17,19H,1-2,4-5,7-8H2,(H,18,20)/t12?,13?,14-/m0/s1. The summed E-state index contributed by atoms with van der Waals surface area (Å²) in [6.45, 7) is 2.05. The largest absolute Gasteiger partial charge is 0.393 e. The number of aromatic amines is 1. The molecule has 1 aromatic rings. The zero-order chi connectivity index (χ0) is 13.9. The Hall–Kier alpha value is -1.33. The van der Waals surface area contributed by atoms with Crippen molar-refractivity contribution in [2.75, 3.05) is 13.1 Å². The van der Waals surface area contributed by atoms with Gasteiger partial charge in [-0.3, -0.25) is 4.79 Å². The fourth-order valence-electron chi connectivity index (χ4n) is 3.45. The smallest absolute Gasteiger partial charge is 0.253 e. The van der Waals surface area contributed by atoms with Gasteiger partial charge in [0.2, 0.25) is 0 Å². The quantitative estimate of drug-likeness (QED) is 0.660. The summed E-state index contributed by atoms with van der Waals surface area (Å²) in [4.78, 5) is 15.2. The highest BCUT2D eigenvalue weighted by molar-refractivity contribution is 5.94. The lowest BCUT2D eigenvalue weighted by Gasteiger charge is -2.43. The molecule has 1 atom stereocenters. The maximum Gasteiger partial charge on any atom is 0.253 e. The van der Waals surface area contributed by atoms with E-state index in [1.165, 1.54) is 0 Å². The van der Waals surface area contributed by atoms with Gasteiger partial charge in [0, 0.05) is 18.4 Å². The number of H-pyrrole nitrogens is 1. The van der Waals surface area contributed by atoms with Gasteiger partial charge >= 0.3 is 0 Å². The first-order valence-corrected chi connectivity index (χ1v) is 7.56. The number of carbonyl (C=O) groups excluding carboxylic acids is 1. The molecule has 3 rings (SSSR count). The molecule has 1 amide bonds. The van der Waals surface area contributed by atoms with Gasteiger partial charge in [-0.05, 0) is 56.7 Å². The van der Waals surface area contributed by atoms with Crippen LogP contribution in [0.15, 0.2) is 18.5 Å². The van der Waals surface area contributed by atoms with Crippen molar-refractivity contribution in [2.24, 2.45) is 11.8 Å². The Morgan fingerprint density at radius 3 is 2.65 bits per heavy atom. The van der Waals surface area contributed by atoms with Gasteiger partial charge in [0.25, 0.3) is 5.91 Å². The van der Waals surface area contributed by atoms with Crippen LogP contribution in [0.3, 0.4) is 0 Å². The Balaban J connectivity index is 1.66. The lowest BCUT2D eigenvalue weighted by atomic mass is 9.71. The molecular formula is C15H23N3O2. The number of aromatic nitrogens is 1. The normalized spacial score (nSPS) is 28.6. The number of hydrogen-bond donors (Lipinski definition) is 4. The monoisotopic (exact) mass is 277 g/mol. The summed E-state index contributed by atoms with van der Waals surface area (Å²) in [6, 6.07) is 1.99. The van der Waals surface area contributed by atoms with Crippen LogP contribution in [-0.2, 0) is 0 Å². The summed E-state index contributed by atoms with van der Waals surface area (Å²) in [5.74, 6) is 0.948. The molecule has 0 spiro atoms. The molecular weight excluding hydrogens is 254 g/mol. The van der Waals surface area contributed by atoms with Gasteiger partial charge in [0.15, 0.2) is 0 Å². The van der Waals surface area contributed by atoms with Crippen LogP contribution in [0.5, 0.6) is 0 Å². The molecule has 1 aliphatic carbocycles. The second-order valence-electron chi connectivity index (χ2n) is 6.07. The van der Waals surface area contributed by atoms with Crippen molar-refractivity contribution in [2.45, 2.75) is 37.8 Å². The highest BCUT2D eigenvalue weighted by Gasteiger charge is 2.39. The van der Waals surface area contributed by atoms with Gasteiger partial charge in [0.1, 0.15) is 0 Å². The molecule has 1 saturated heterocycles. The molecule has 2 aliphatic rings. The predicted octanol–water partition coefficient (Wildman–Crippen LogP) is 0.884. The fraction of sp³-hybridized carbons (Fsp3) is 0.667. The van der Waals surface area contributed by atoms with Crippen molar-refractivity contribution in [3.8, 4) is 0 Å². The van der Waals surface area contributed by atoms with E-state index in [0.29, 0.717) is 17.4 Å². The van der Waals surface area contributed by atoms with Crippen molar-refractivity contribution >= 4 is 5.91 Å². The van der Waals surface area contributed by atoms with Crippen LogP contribution in [0.4, 0.5) is 0 Å². The second kappa shape index (κ2) is 5.97. The number of piperidine rings is 1. The van der Waals surface area contributed by atoms with Gasteiger partial charge in [-0.15, -0.1) is 0 Å². The molecule has 5 heteroatoms. The lowest BCUT2D eigenvalue weighted by Crippen LogP contribution is -2.52. The number of amides is 1. The molecule has 0 aromatic carbocycles. The molecule has 0 radical (unpaired) electrons. The molecule has 0 bridgehead atoms. The van der Waals surface area contributed by atoms with E-state index in [1.807, 2.05) is 0 Å². The third kappa shape index (κ3) is 2.88. The summed E-state index contributed by atoms with van der Waals surface area (Å²) in [5.41, 5.74) is 0.684. The molecule has 5 nitrogen and oxygen atoms in total. The average Bonchev–Trinajstić information content (AvgIpc) is 2.97. The van der Waals surface area contributed by atoms with E-state index >= 15 is 0 Å². The molecule has 1 aromatic heterocycles. The van der Waals surface area contributed by atoms with Crippen molar-refractivity contribution in [3.05, 3.63) is 24.0 Å². The Labute approximate surface area is 119 Å². The van der Waals surface area contributed by atoms with Crippen molar-refractivity contribution in [3.63, 3.8) is 0 Å². The minimum Gasteiger partial charge on any atom is -0.393 e. The molecule has 4 N–H and O–H groups in total. The Bertz CT molecular complexity index is 434. The van der Waals surface area contributed by atoms with Crippen LogP contribution >= 0.6 is 0 Å². The Kier molecular flexibility index (Phi) is 4.08. The first-order valence-electron chi connectivity index (χ1n) is 7.56. The van der Waals surface area contributed by atoms with E-state index in [2.05, 4.69) is 15.6 Å². The zero-order valence-electron chi connectivity index (χ0n) is 11.6. The SMILES string of the molecule is O=C(N[C@@H](C1CCNCC1)C1CC(O)C1)c1cc[nH]c1. The van der Waals surface area contributed by atoms with Crippen LogP contribution in [0.1, 0.15) is 36.0 Å². The minimum atomic E-state index is -0.173. The van der Waals surface area contributed by atoms with Crippen molar-refractivity contribution in [1.29, 1.82) is 0 Å². The van der Waals surface area contributed by atoms with Crippen LogP contribution < -0.4 is 10.6 Å².